The molecule has 2 heterocycles. The van der Waals surface area contributed by atoms with E-state index in [9.17, 15) is 0 Å². The van der Waals surface area contributed by atoms with E-state index in [1.54, 1.807) is 24.4 Å². The molecule has 1 aliphatic rings. The van der Waals surface area contributed by atoms with Crippen molar-refractivity contribution in [1.29, 1.82) is 0 Å². The van der Waals surface area contributed by atoms with Crippen molar-refractivity contribution in [2.45, 2.75) is 25.7 Å². The van der Waals surface area contributed by atoms with Gasteiger partial charge in [0.1, 0.15) is 0 Å². The molecule has 0 atom stereocenters. The Bertz CT molecular complexity index is 621. The van der Waals surface area contributed by atoms with Gasteiger partial charge in [0.2, 0.25) is 5.95 Å². The van der Waals surface area contributed by atoms with Gasteiger partial charge in [-0.05, 0) is 31.0 Å². The lowest BCUT2D eigenvalue weighted by Crippen LogP contribution is -2.26. The number of aromatic nitrogens is 3. The predicted molar refractivity (Wildman–Crippen MR) is 90.3 cm³/mol. The molecule has 0 amide bonds. The maximum absolute atomic E-state index is 6.01. The van der Waals surface area contributed by atoms with Crippen molar-refractivity contribution in [2.24, 2.45) is 0 Å². The second kappa shape index (κ2) is 7.11. The predicted octanol–water partition coefficient (Wildman–Crippen LogP) is 4.30. The van der Waals surface area contributed by atoms with Crippen LogP contribution in [0, 0.1) is 0 Å². The van der Waals surface area contributed by atoms with Crippen LogP contribution in [0.5, 0.6) is 0 Å². The molecule has 1 N–H and O–H groups in total. The van der Waals surface area contributed by atoms with Gasteiger partial charge in [-0.25, -0.2) is 0 Å². The van der Waals surface area contributed by atoms with E-state index in [0.717, 1.165) is 18.8 Å². The van der Waals surface area contributed by atoms with Gasteiger partial charge in [-0.3, -0.25) is 0 Å². The van der Waals surface area contributed by atoms with Crippen molar-refractivity contribution in [2.75, 3.05) is 23.3 Å². The van der Waals surface area contributed by atoms with Gasteiger partial charge in [-0.15, -0.1) is 5.10 Å². The zero-order valence-electron chi connectivity index (χ0n) is 12.1. The molecule has 0 spiro atoms. The minimum atomic E-state index is 0.574. The fraction of sp³-hybridized carbons (Fsp3) is 0.400. The summed E-state index contributed by atoms with van der Waals surface area (Å²) in [6, 6.07) is 5.28. The molecule has 1 aliphatic heterocycles. The third-order valence-electron chi connectivity index (χ3n) is 3.57. The first kappa shape index (κ1) is 15.3. The molecular formula is C15H17Cl2N5. The standard InChI is InChI=1S/C15H17Cl2N5/c16-11-7-12(17)9-13(8-11)19-14-10-18-21-15(20-14)22-5-3-1-2-4-6-22/h7-10H,1-6H2,(H,19,20,21). The number of hydrogen-bond donors (Lipinski definition) is 1. The quantitative estimate of drug-likeness (QED) is 0.904. The summed E-state index contributed by atoms with van der Waals surface area (Å²) in [7, 11) is 0. The Morgan fingerprint density at radius 1 is 0.955 bits per heavy atom. The van der Waals surface area contributed by atoms with Crippen LogP contribution in [0.3, 0.4) is 0 Å². The minimum Gasteiger partial charge on any atom is -0.339 e. The molecule has 1 fully saturated rings. The number of hydrogen-bond acceptors (Lipinski definition) is 5. The molecule has 0 radical (unpaired) electrons. The summed E-state index contributed by atoms with van der Waals surface area (Å²) in [5, 5.41) is 12.5. The molecule has 1 saturated heterocycles. The average Bonchev–Trinajstić information content (AvgIpc) is 2.75. The van der Waals surface area contributed by atoms with E-state index >= 15 is 0 Å². The summed E-state index contributed by atoms with van der Waals surface area (Å²) in [6.45, 7) is 1.96. The monoisotopic (exact) mass is 337 g/mol. The van der Waals surface area contributed by atoms with Crippen LogP contribution in [-0.4, -0.2) is 28.3 Å². The summed E-state index contributed by atoms with van der Waals surface area (Å²) in [4.78, 5) is 6.74. The zero-order chi connectivity index (χ0) is 15.4. The highest BCUT2D eigenvalue weighted by Crippen LogP contribution is 2.25. The van der Waals surface area contributed by atoms with Crippen molar-refractivity contribution in [1.82, 2.24) is 15.2 Å². The SMILES string of the molecule is Clc1cc(Cl)cc(Nc2cnnc(N3CCCCCC3)n2)c1. The number of anilines is 3. The van der Waals surface area contributed by atoms with Crippen LogP contribution in [-0.2, 0) is 0 Å². The van der Waals surface area contributed by atoms with E-state index < -0.39 is 0 Å². The summed E-state index contributed by atoms with van der Waals surface area (Å²) in [5.74, 6) is 1.30. The Morgan fingerprint density at radius 3 is 2.32 bits per heavy atom. The highest BCUT2D eigenvalue weighted by atomic mass is 35.5. The first-order valence-corrected chi connectivity index (χ1v) is 8.14. The molecule has 0 bridgehead atoms. The van der Waals surface area contributed by atoms with Crippen LogP contribution in [0.4, 0.5) is 17.5 Å². The number of halogens is 2. The van der Waals surface area contributed by atoms with E-state index in [-0.39, 0.29) is 0 Å². The van der Waals surface area contributed by atoms with Gasteiger partial charge in [0.25, 0.3) is 0 Å². The minimum absolute atomic E-state index is 0.574. The third kappa shape index (κ3) is 3.99. The average molecular weight is 338 g/mol. The van der Waals surface area contributed by atoms with Crippen LogP contribution in [0.2, 0.25) is 10.0 Å². The highest BCUT2D eigenvalue weighted by molar-refractivity contribution is 6.35. The van der Waals surface area contributed by atoms with Crippen molar-refractivity contribution in [3.63, 3.8) is 0 Å². The van der Waals surface area contributed by atoms with E-state index in [0.29, 0.717) is 21.8 Å². The number of rotatable bonds is 3. The van der Waals surface area contributed by atoms with Gasteiger partial charge in [0.15, 0.2) is 5.82 Å². The lowest BCUT2D eigenvalue weighted by Gasteiger charge is -2.19. The molecule has 0 unspecified atom stereocenters. The molecule has 1 aromatic heterocycles. The van der Waals surface area contributed by atoms with E-state index in [1.165, 1.54) is 25.7 Å². The number of nitrogens with one attached hydrogen (secondary N) is 1. The second-order valence-electron chi connectivity index (χ2n) is 5.33. The van der Waals surface area contributed by atoms with Gasteiger partial charge in [-0.1, -0.05) is 36.0 Å². The molecule has 0 saturated carbocycles. The molecule has 1 aromatic carbocycles. The Balaban J connectivity index is 1.78. The van der Waals surface area contributed by atoms with Gasteiger partial charge in [-0.2, -0.15) is 10.1 Å². The Kier molecular flexibility index (Phi) is 4.95. The summed E-state index contributed by atoms with van der Waals surface area (Å²) < 4.78 is 0. The zero-order valence-corrected chi connectivity index (χ0v) is 13.6. The van der Waals surface area contributed by atoms with Crippen LogP contribution >= 0.6 is 23.2 Å². The molecule has 116 valence electrons. The lowest BCUT2D eigenvalue weighted by atomic mass is 10.2. The van der Waals surface area contributed by atoms with E-state index in [2.05, 4.69) is 25.4 Å². The maximum Gasteiger partial charge on any atom is 0.247 e. The van der Waals surface area contributed by atoms with Crippen LogP contribution in [0.15, 0.2) is 24.4 Å². The first-order chi connectivity index (χ1) is 10.7. The molecule has 7 heteroatoms. The van der Waals surface area contributed by atoms with Crippen molar-refractivity contribution in [3.8, 4) is 0 Å². The van der Waals surface area contributed by atoms with Gasteiger partial charge in [0.05, 0.1) is 6.20 Å². The molecule has 5 nitrogen and oxygen atoms in total. The lowest BCUT2D eigenvalue weighted by molar-refractivity contribution is 0.726. The summed E-state index contributed by atoms with van der Waals surface area (Å²) in [5.41, 5.74) is 0.778. The van der Waals surface area contributed by atoms with Gasteiger partial charge < -0.3 is 10.2 Å². The normalized spacial score (nSPS) is 15.5. The Morgan fingerprint density at radius 2 is 1.64 bits per heavy atom. The summed E-state index contributed by atoms with van der Waals surface area (Å²) in [6.07, 6.45) is 6.47. The van der Waals surface area contributed by atoms with Gasteiger partial charge >= 0.3 is 0 Å². The third-order valence-corrected chi connectivity index (χ3v) is 4.01. The molecular weight excluding hydrogens is 321 g/mol. The van der Waals surface area contributed by atoms with Crippen LogP contribution in [0.25, 0.3) is 0 Å². The Labute approximate surface area is 139 Å². The summed E-state index contributed by atoms with van der Waals surface area (Å²) >= 11 is 12.0. The van der Waals surface area contributed by atoms with Crippen molar-refractivity contribution >= 4 is 40.7 Å². The largest absolute Gasteiger partial charge is 0.339 e. The van der Waals surface area contributed by atoms with E-state index in [1.807, 2.05) is 0 Å². The van der Waals surface area contributed by atoms with Crippen molar-refractivity contribution < 1.29 is 0 Å². The second-order valence-corrected chi connectivity index (χ2v) is 6.20. The van der Waals surface area contributed by atoms with Crippen molar-refractivity contribution in [3.05, 3.63) is 34.4 Å². The van der Waals surface area contributed by atoms with E-state index in [4.69, 9.17) is 23.2 Å². The first-order valence-electron chi connectivity index (χ1n) is 7.38. The smallest absolute Gasteiger partial charge is 0.247 e. The highest BCUT2D eigenvalue weighted by Gasteiger charge is 2.13. The van der Waals surface area contributed by atoms with Gasteiger partial charge in [0, 0.05) is 28.8 Å². The maximum atomic E-state index is 6.01. The molecule has 22 heavy (non-hydrogen) atoms. The molecule has 2 aromatic rings. The number of benzene rings is 1. The molecule has 3 rings (SSSR count). The fourth-order valence-corrected chi connectivity index (χ4v) is 3.06. The van der Waals surface area contributed by atoms with Crippen LogP contribution < -0.4 is 10.2 Å². The Hall–Kier alpha value is -1.59. The van der Waals surface area contributed by atoms with Crippen LogP contribution in [0.1, 0.15) is 25.7 Å². The molecule has 0 aliphatic carbocycles. The topological polar surface area (TPSA) is 53.9 Å². The number of nitrogens with zero attached hydrogens (tertiary/aromatic N) is 4. The fourth-order valence-electron chi connectivity index (χ4n) is 2.53.